The average Bonchev–Trinajstić information content (AvgIpc) is 3.26. The lowest BCUT2D eigenvalue weighted by Gasteiger charge is -2.20. The summed E-state index contributed by atoms with van der Waals surface area (Å²) in [5.74, 6) is -1.86. The van der Waals surface area contributed by atoms with Crippen LogP contribution in [-0.2, 0) is 24.4 Å². The maximum Gasteiger partial charge on any atom is 0.339 e. The summed E-state index contributed by atoms with van der Waals surface area (Å²) in [6.07, 6.45) is 0.0158. The molecule has 0 unspecified atom stereocenters. The standard InChI is InChI=1S/C28H27NO7S/c1-18-7-13-24(14-8-18)37(33,34)36-23-11-9-21(10-12-23)26(30)17-35-28(32)22-15-27(31)29(16-22)25-6-4-5-19(2)20(25)3/h4-14,22H,15-17H2,1-3H3/t22-/m0/s1. The Bertz CT molecular complexity index is 1440. The van der Waals surface area contributed by atoms with Gasteiger partial charge >= 0.3 is 16.1 Å². The number of hydrogen-bond donors (Lipinski definition) is 0. The highest BCUT2D eigenvalue weighted by Crippen LogP contribution is 2.30. The van der Waals surface area contributed by atoms with Gasteiger partial charge in [0.05, 0.1) is 5.92 Å². The first-order valence-electron chi connectivity index (χ1n) is 11.7. The van der Waals surface area contributed by atoms with Gasteiger partial charge in [-0.05, 0) is 74.4 Å². The predicted octanol–water partition coefficient (Wildman–Crippen LogP) is 4.16. The smallest absolute Gasteiger partial charge is 0.339 e. The molecule has 37 heavy (non-hydrogen) atoms. The first-order valence-corrected chi connectivity index (χ1v) is 13.1. The molecule has 4 rings (SSSR count). The Balaban J connectivity index is 1.33. The number of esters is 1. The summed E-state index contributed by atoms with van der Waals surface area (Å²) >= 11 is 0. The lowest BCUT2D eigenvalue weighted by molar-refractivity contribution is -0.147. The van der Waals surface area contributed by atoms with Gasteiger partial charge in [0, 0.05) is 24.2 Å². The van der Waals surface area contributed by atoms with E-state index in [1.807, 2.05) is 39.0 Å². The van der Waals surface area contributed by atoms with Gasteiger partial charge in [0.1, 0.15) is 10.6 Å². The first-order chi connectivity index (χ1) is 17.5. The van der Waals surface area contributed by atoms with E-state index in [4.69, 9.17) is 8.92 Å². The molecule has 1 amide bonds. The molecule has 0 aromatic heterocycles. The third kappa shape index (κ3) is 5.89. The minimum Gasteiger partial charge on any atom is -0.457 e. The number of hydrogen-bond acceptors (Lipinski definition) is 7. The molecule has 3 aromatic rings. The molecule has 0 saturated carbocycles. The van der Waals surface area contributed by atoms with E-state index in [1.165, 1.54) is 36.4 Å². The zero-order valence-corrected chi connectivity index (χ0v) is 21.6. The number of carbonyl (C=O) groups excluding carboxylic acids is 3. The van der Waals surface area contributed by atoms with Crippen LogP contribution < -0.4 is 9.08 Å². The van der Waals surface area contributed by atoms with Gasteiger partial charge in [0.25, 0.3) is 0 Å². The molecule has 1 aliphatic heterocycles. The van der Waals surface area contributed by atoms with Crippen LogP contribution in [-0.4, -0.2) is 39.2 Å². The largest absolute Gasteiger partial charge is 0.457 e. The van der Waals surface area contributed by atoms with E-state index < -0.39 is 34.4 Å². The second kappa shape index (κ2) is 10.6. The Morgan fingerprint density at radius 3 is 2.30 bits per heavy atom. The van der Waals surface area contributed by atoms with Crippen LogP contribution in [0, 0.1) is 26.7 Å². The third-order valence-electron chi connectivity index (χ3n) is 6.36. The number of amides is 1. The fourth-order valence-electron chi connectivity index (χ4n) is 4.04. The number of anilines is 1. The summed E-state index contributed by atoms with van der Waals surface area (Å²) in [4.78, 5) is 39.3. The molecule has 1 heterocycles. The highest BCUT2D eigenvalue weighted by Gasteiger charge is 2.37. The van der Waals surface area contributed by atoms with Crippen molar-refractivity contribution in [2.45, 2.75) is 32.1 Å². The van der Waals surface area contributed by atoms with Gasteiger partial charge in [0.2, 0.25) is 5.91 Å². The number of Topliss-reactive ketones (excluding diaryl/α,β-unsaturated/α-hetero) is 1. The Kier molecular flexibility index (Phi) is 7.45. The van der Waals surface area contributed by atoms with Crippen molar-refractivity contribution in [3.8, 4) is 5.75 Å². The van der Waals surface area contributed by atoms with Crippen molar-refractivity contribution in [3.63, 3.8) is 0 Å². The number of ether oxygens (including phenoxy) is 1. The van der Waals surface area contributed by atoms with Crippen molar-refractivity contribution < 1.29 is 31.7 Å². The SMILES string of the molecule is Cc1ccc(S(=O)(=O)Oc2ccc(C(=O)COC(=O)[C@H]3CC(=O)N(c4cccc(C)c4C)C3)cc2)cc1. The quantitative estimate of drug-likeness (QED) is 0.249. The molecule has 1 fully saturated rings. The van der Waals surface area contributed by atoms with Gasteiger partial charge in [0.15, 0.2) is 12.4 Å². The van der Waals surface area contributed by atoms with Crippen LogP contribution in [0.2, 0.25) is 0 Å². The molecule has 8 nitrogen and oxygen atoms in total. The van der Waals surface area contributed by atoms with Gasteiger partial charge in [-0.15, -0.1) is 0 Å². The fourth-order valence-corrected chi connectivity index (χ4v) is 4.97. The van der Waals surface area contributed by atoms with Crippen molar-refractivity contribution >= 4 is 33.5 Å². The van der Waals surface area contributed by atoms with Crippen molar-refractivity contribution in [2.75, 3.05) is 18.1 Å². The van der Waals surface area contributed by atoms with Gasteiger partial charge in [-0.2, -0.15) is 8.42 Å². The first kappa shape index (κ1) is 26.1. The maximum atomic E-state index is 12.6. The lowest BCUT2D eigenvalue weighted by atomic mass is 10.1. The average molecular weight is 522 g/mol. The number of benzene rings is 3. The van der Waals surface area contributed by atoms with Gasteiger partial charge in [-0.1, -0.05) is 29.8 Å². The van der Waals surface area contributed by atoms with Crippen LogP contribution in [0.15, 0.2) is 71.6 Å². The Labute approximate surface area is 215 Å². The lowest BCUT2D eigenvalue weighted by Crippen LogP contribution is -2.27. The highest BCUT2D eigenvalue weighted by molar-refractivity contribution is 7.87. The minimum absolute atomic E-state index is 0.0158. The van der Waals surface area contributed by atoms with E-state index in [0.717, 1.165) is 22.4 Å². The molecular weight excluding hydrogens is 494 g/mol. The molecule has 3 aromatic carbocycles. The Morgan fingerprint density at radius 2 is 1.62 bits per heavy atom. The molecule has 0 spiro atoms. The van der Waals surface area contributed by atoms with Crippen LogP contribution >= 0.6 is 0 Å². The summed E-state index contributed by atoms with van der Waals surface area (Å²) in [5, 5.41) is 0. The second-order valence-corrected chi connectivity index (χ2v) is 10.6. The molecule has 1 saturated heterocycles. The highest BCUT2D eigenvalue weighted by atomic mass is 32.2. The molecule has 1 atom stereocenters. The number of aryl methyl sites for hydroxylation is 2. The van der Waals surface area contributed by atoms with Crippen molar-refractivity contribution in [3.05, 3.63) is 89.0 Å². The molecule has 0 bridgehead atoms. The van der Waals surface area contributed by atoms with E-state index >= 15 is 0 Å². The molecular formula is C28H27NO7S. The topological polar surface area (TPSA) is 107 Å². The van der Waals surface area contributed by atoms with E-state index in [-0.39, 0.29) is 35.1 Å². The fraction of sp³-hybridized carbons (Fsp3) is 0.250. The number of rotatable bonds is 8. The molecule has 9 heteroatoms. The van der Waals surface area contributed by atoms with Gasteiger partial charge in [-0.3, -0.25) is 14.4 Å². The van der Waals surface area contributed by atoms with E-state index in [1.54, 1.807) is 17.0 Å². The van der Waals surface area contributed by atoms with Gasteiger partial charge in [-0.25, -0.2) is 0 Å². The second-order valence-electron chi connectivity index (χ2n) is 9.03. The monoisotopic (exact) mass is 521 g/mol. The van der Waals surface area contributed by atoms with Crippen LogP contribution in [0.3, 0.4) is 0 Å². The summed E-state index contributed by atoms with van der Waals surface area (Å²) in [5.41, 5.74) is 3.93. The van der Waals surface area contributed by atoms with Gasteiger partial charge < -0.3 is 13.8 Å². The summed E-state index contributed by atoms with van der Waals surface area (Å²) < 4.78 is 35.2. The molecule has 0 N–H and O–H groups in total. The number of ketones is 1. The van der Waals surface area contributed by atoms with E-state index in [0.29, 0.717) is 0 Å². The van der Waals surface area contributed by atoms with Crippen molar-refractivity contribution in [1.82, 2.24) is 0 Å². The predicted molar refractivity (Wildman–Crippen MR) is 137 cm³/mol. The van der Waals surface area contributed by atoms with Crippen LogP contribution in [0.5, 0.6) is 5.75 Å². The molecule has 192 valence electrons. The molecule has 0 aliphatic carbocycles. The Hall–Kier alpha value is -3.98. The minimum atomic E-state index is -4.01. The normalized spacial score (nSPS) is 15.5. The van der Waals surface area contributed by atoms with Crippen LogP contribution in [0.25, 0.3) is 0 Å². The molecule has 1 aliphatic rings. The van der Waals surface area contributed by atoms with E-state index in [2.05, 4.69) is 0 Å². The molecule has 0 radical (unpaired) electrons. The van der Waals surface area contributed by atoms with Crippen LogP contribution in [0.1, 0.15) is 33.5 Å². The third-order valence-corrected chi connectivity index (χ3v) is 7.62. The van der Waals surface area contributed by atoms with Crippen molar-refractivity contribution in [2.24, 2.45) is 5.92 Å². The maximum absolute atomic E-state index is 12.6. The van der Waals surface area contributed by atoms with E-state index in [9.17, 15) is 22.8 Å². The Morgan fingerprint density at radius 1 is 0.946 bits per heavy atom. The summed E-state index contributed by atoms with van der Waals surface area (Å²) in [7, 11) is -4.01. The zero-order chi connectivity index (χ0) is 26.7. The number of carbonyl (C=O) groups is 3. The van der Waals surface area contributed by atoms with Crippen LogP contribution in [0.4, 0.5) is 5.69 Å². The number of nitrogens with zero attached hydrogens (tertiary/aromatic N) is 1. The summed E-state index contributed by atoms with van der Waals surface area (Å²) in [6.45, 7) is 5.43. The zero-order valence-electron chi connectivity index (χ0n) is 20.8. The van der Waals surface area contributed by atoms with Crippen molar-refractivity contribution in [1.29, 1.82) is 0 Å². The summed E-state index contributed by atoms with van der Waals surface area (Å²) in [6, 6.07) is 17.4.